The van der Waals surface area contributed by atoms with Gasteiger partial charge in [-0.3, -0.25) is 9.35 Å². The van der Waals surface area contributed by atoms with Crippen LogP contribution in [0, 0.1) is 5.92 Å². The summed E-state index contributed by atoms with van der Waals surface area (Å²) < 4.78 is 33.0. The summed E-state index contributed by atoms with van der Waals surface area (Å²) >= 11 is 0. The van der Waals surface area contributed by atoms with Crippen LogP contribution in [0.4, 0.5) is 0 Å². The maximum atomic E-state index is 12.2. The Labute approximate surface area is 166 Å². The lowest BCUT2D eigenvalue weighted by atomic mass is 10.00. The first kappa shape index (κ1) is 21.8. The summed E-state index contributed by atoms with van der Waals surface area (Å²) in [6.07, 6.45) is 0. The third-order valence-corrected chi connectivity index (χ3v) is 5.20. The largest absolute Gasteiger partial charge is 0.381 e. The van der Waals surface area contributed by atoms with Crippen molar-refractivity contribution < 1.29 is 17.8 Å². The fourth-order valence-corrected chi connectivity index (χ4v) is 3.49. The Morgan fingerprint density at radius 3 is 2.21 bits per heavy atom. The van der Waals surface area contributed by atoms with Crippen molar-refractivity contribution in [2.45, 2.75) is 31.8 Å². The fourth-order valence-electron chi connectivity index (χ4n) is 2.74. The number of carbonyl (C=O) groups is 1. The highest BCUT2D eigenvalue weighted by Gasteiger charge is 2.22. The topological polar surface area (TPSA) is 95.5 Å². The highest BCUT2D eigenvalue weighted by Crippen LogP contribution is 2.21. The molecule has 2 aromatic rings. The summed E-state index contributed by atoms with van der Waals surface area (Å²) in [7, 11) is -2.63. The van der Waals surface area contributed by atoms with E-state index in [0.717, 1.165) is 17.7 Å². The zero-order chi connectivity index (χ0) is 20.9. The molecule has 0 aliphatic rings. The average molecular weight is 403 g/mol. The molecule has 0 aromatic heterocycles. The van der Waals surface area contributed by atoms with Crippen molar-refractivity contribution in [3.8, 4) is 0 Å². The summed E-state index contributed by atoms with van der Waals surface area (Å²) in [6, 6.07) is 12.3. The molecule has 2 aromatic carbocycles. The first-order valence-electron chi connectivity index (χ1n) is 8.94. The number of Topliss-reactive ketones (excluding diaryl/α,β-unsaturated/α-hetero) is 1. The van der Waals surface area contributed by atoms with Crippen molar-refractivity contribution in [2.24, 2.45) is 5.92 Å². The standard InChI is InChI=1S/C21H26N2O4S/c1-14(2)21(24)19-10-7-17(11-20(19)28(25,26)27)13-23-15(3)18-8-5-16(6-9-18)12-22-4/h5-11,14,22-23H,3,12-13H2,1-2,4H3,(H,25,26,27). The number of ketones is 1. The second-order valence-corrected chi connectivity index (χ2v) is 8.27. The number of carbonyl (C=O) groups excluding carboxylic acids is 1. The van der Waals surface area contributed by atoms with Gasteiger partial charge in [-0.05, 0) is 35.9 Å². The molecule has 0 saturated heterocycles. The average Bonchev–Trinajstić information content (AvgIpc) is 2.65. The van der Waals surface area contributed by atoms with Gasteiger partial charge in [0.1, 0.15) is 4.90 Å². The molecule has 0 aliphatic heterocycles. The van der Waals surface area contributed by atoms with E-state index in [0.29, 0.717) is 17.8 Å². The van der Waals surface area contributed by atoms with Crippen LogP contribution in [0.3, 0.4) is 0 Å². The molecule has 0 atom stereocenters. The van der Waals surface area contributed by atoms with E-state index in [1.807, 2.05) is 31.3 Å². The first-order valence-corrected chi connectivity index (χ1v) is 10.4. The molecule has 150 valence electrons. The monoisotopic (exact) mass is 402 g/mol. The molecule has 7 heteroatoms. The lowest BCUT2D eigenvalue weighted by molar-refractivity contribution is 0.0935. The lowest BCUT2D eigenvalue weighted by Crippen LogP contribution is -2.16. The van der Waals surface area contributed by atoms with Gasteiger partial charge in [0.15, 0.2) is 5.78 Å². The summed E-state index contributed by atoms with van der Waals surface area (Å²) in [5, 5.41) is 6.23. The van der Waals surface area contributed by atoms with Crippen LogP contribution in [0.1, 0.15) is 40.9 Å². The van der Waals surface area contributed by atoms with E-state index in [1.165, 1.54) is 12.1 Å². The SMILES string of the molecule is C=C(NCc1ccc(C(=O)C(C)C)c(S(=O)(=O)O)c1)c1ccc(CNC)cc1. The zero-order valence-electron chi connectivity index (χ0n) is 16.3. The molecule has 0 saturated carbocycles. The van der Waals surface area contributed by atoms with Crippen LogP contribution in [0.5, 0.6) is 0 Å². The normalized spacial score (nSPS) is 11.5. The summed E-state index contributed by atoms with van der Waals surface area (Å²) in [5.74, 6) is -0.715. The maximum absolute atomic E-state index is 12.2. The Morgan fingerprint density at radius 1 is 1.07 bits per heavy atom. The van der Waals surface area contributed by atoms with Gasteiger partial charge in [0.05, 0.1) is 0 Å². The van der Waals surface area contributed by atoms with E-state index in [1.54, 1.807) is 19.9 Å². The predicted molar refractivity (Wildman–Crippen MR) is 111 cm³/mol. The Kier molecular flexibility index (Phi) is 7.12. The Bertz CT molecular complexity index is 964. The number of hydrogen-bond acceptors (Lipinski definition) is 5. The van der Waals surface area contributed by atoms with Gasteiger partial charge in [0.25, 0.3) is 10.1 Å². The van der Waals surface area contributed by atoms with Crippen molar-refractivity contribution in [1.29, 1.82) is 0 Å². The molecule has 6 nitrogen and oxygen atoms in total. The molecule has 3 N–H and O–H groups in total. The predicted octanol–water partition coefficient (Wildman–Crippen LogP) is 3.25. The van der Waals surface area contributed by atoms with Crippen molar-refractivity contribution in [2.75, 3.05) is 7.05 Å². The second-order valence-electron chi connectivity index (χ2n) is 6.88. The molecule has 0 spiro atoms. The third kappa shape index (κ3) is 5.51. The van der Waals surface area contributed by atoms with Gasteiger partial charge >= 0.3 is 0 Å². The molecule has 0 radical (unpaired) electrons. The quantitative estimate of drug-likeness (QED) is 0.440. The highest BCUT2D eigenvalue weighted by atomic mass is 32.2. The third-order valence-electron chi connectivity index (χ3n) is 4.30. The molecule has 0 aliphatic carbocycles. The zero-order valence-corrected chi connectivity index (χ0v) is 17.1. The van der Waals surface area contributed by atoms with Gasteiger partial charge in [0.2, 0.25) is 0 Å². The Morgan fingerprint density at radius 2 is 1.68 bits per heavy atom. The van der Waals surface area contributed by atoms with Gasteiger partial charge in [0, 0.05) is 30.3 Å². The molecule has 0 bridgehead atoms. The van der Waals surface area contributed by atoms with Crippen molar-refractivity contribution >= 4 is 21.6 Å². The van der Waals surface area contributed by atoms with Gasteiger partial charge in [-0.25, -0.2) is 0 Å². The molecule has 0 unspecified atom stereocenters. The number of rotatable bonds is 9. The van der Waals surface area contributed by atoms with E-state index >= 15 is 0 Å². The van der Waals surface area contributed by atoms with Crippen LogP contribution < -0.4 is 10.6 Å². The highest BCUT2D eigenvalue weighted by molar-refractivity contribution is 7.86. The smallest absolute Gasteiger partial charge is 0.295 e. The molecule has 28 heavy (non-hydrogen) atoms. The van der Waals surface area contributed by atoms with Crippen LogP contribution >= 0.6 is 0 Å². The molecule has 0 heterocycles. The number of nitrogens with one attached hydrogen (secondary N) is 2. The second kappa shape index (κ2) is 9.14. The van der Waals surface area contributed by atoms with Crippen LogP contribution in [-0.2, 0) is 23.2 Å². The van der Waals surface area contributed by atoms with Gasteiger partial charge < -0.3 is 10.6 Å². The van der Waals surface area contributed by atoms with Crippen molar-refractivity contribution in [3.63, 3.8) is 0 Å². The van der Waals surface area contributed by atoms with E-state index in [2.05, 4.69) is 17.2 Å². The molecule has 0 fully saturated rings. The molecule has 2 rings (SSSR count). The number of hydrogen-bond donors (Lipinski definition) is 3. The minimum Gasteiger partial charge on any atom is -0.381 e. The molecular weight excluding hydrogens is 376 g/mol. The summed E-state index contributed by atoms with van der Waals surface area (Å²) in [5.41, 5.74) is 3.37. The van der Waals surface area contributed by atoms with E-state index in [9.17, 15) is 17.8 Å². The Hall–Kier alpha value is -2.48. The minimum atomic E-state index is -4.51. The summed E-state index contributed by atoms with van der Waals surface area (Å²) in [6.45, 7) is 8.44. The van der Waals surface area contributed by atoms with Crippen LogP contribution in [0.2, 0.25) is 0 Å². The lowest BCUT2D eigenvalue weighted by Gasteiger charge is -2.13. The van der Waals surface area contributed by atoms with E-state index < -0.39 is 10.1 Å². The van der Waals surface area contributed by atoms with E-state index in [4.69, 9.17) is 0 Å². The van der Waals surface area contributed by atoms with Crippen LogP contribution in [0.15, 0.2) is 53.9 Å². The van der Waals surface area contributed by atoms with E-state index in [-0.39, 0.29) is 22.2 Å². The summed E-state index contributed by atoms with van der Waals surface area (Å²) in [4.78, 5) is 11.9. The van der Waals surface area contributed by atoms with Crippen LogP contribution in [-0.4, -0.2) is 25.8 Å². The fraction of sp³-hybridized carbons (Fsp3) is 0.286. The maximum Gasteiger partial charge on any atom is 0.295 e. The van der Waals surface area contributed by atoms with Gasteiger partial charge in [-0.15, -0.1) is 0 Å². The first-order chi connectivity index (χ1) is 13.1. The minimum absolute atomic E-state index is 0.000184. The van der Waals surface area contributed by atoms with Crippen molar-refractivity contribution in [1.82, 2.24) is 10.6 Å². The Balaban J connectivity index is 2.18. The van der Waals surface area contributed by atoms with Crippen molar-refractivity contribution in [3.05, 3.63) is 71.3 Å². The number of benzene rings is 2. The molecule has 0 amide bonds. The van der Waals surface area contributed by atoms with Gasteiger partial charge in [-0.1, -0.05) is 50.8 Å². The van der Waals surface area contributed by atoms with Gasteiger partial charge in [-0.2, -0.15) is 8.42 Å². The van der Waals surface area contributed by atoms with Crippen LogP contribution in [0.25, 0.3) is 5.70 Å². The molecular formula is C21H26N2O4S.